The van der Waals surface area contributed by atoms with E-state index in [0.29, 0.717) is 10.7 Å². The fraction of sp³-hybridized carbons (Fsp3) is 0.522. The van der Waals surface area contributed by atoms with E-state index in [1.807, 2.05) is 24.3 Å². The fourth-order valence-corrected chi connectivity index (χ4v) is 4.13. The number of aromatic nitrogens is 2. The number of halogens is 1. The van der Waals surface area contributed by atoms with E-state index < -0.39 is 5.60 Å². The molecule has 2 fully saturated rings. The summed E-state index contributed by atoms with van der Waals surface area (Å²) in [6, 6.07) is 7.47. The molecule has 1 saturated heterocycles. The predicted molar refractivity (Wildman–Crippen MR) is 119 cm³/mol. The summed E-state index contributed by atoms with van der Waals surface area (Å²) in [5.74, 6) is 0.751. The molecule has 6 nitrogen and oxygen atoms in total. The van der Waals surface area contributed by atoms with E-state index in [1.165, 1.54) is 12.8 Å². The van der Waals surface area contributed by atoms with Gasteiger partial charge in [0.2, 0.25) is 0 Å². The van der Waals surface area contributed by atoms with Crippen LogP contribution in [-0.4, -0.2) is 46.2 Å². The summed E-state index contributed by atoms with van der Waals surface area (Å²) in [6.07, 6.45) is 8.26. The Hall–Kier alpha value is -2.18. The molecule has 7 heteroatoms. The van der Waals surface area contributed by atoms with Gasteiger partial charge in [0.15, 0.2) is 5.82 Å². The SMILES string of the molecule is C[C@](O)(CNC(=O)c1cnc(N2CCCCCC2)c(-c2ccc(Cl)cc2)n1)C1CC1. The van der Waals surface area contributed by atoms with E-state index in [0.717, 1.165) is 50.2 Å². The van der Waals surface area contributed by atoms with Crippen LogP contribution in [0.2, 0.25) is 5.02 Å². The second-order valence-corrected chi connectivity index (χ2v) is 9.09. The first kappa shape index (κ1) is 21.1. The lowest BCUT2D eigenvalue weighted by Gasteiger charge is -2.25. The van der Waals surface area contributed by atoms with E-state index in [-0.39, 0.29) is 24.1 Å². The summed E-state index contributed by atoms with van der Waals surface area (Å²) in [7, 11) is 0. The van der Waals surface area contributed by atoms with Crippen molar-refractivity contribution in [3.05, 3.63) is 41.2 Å². The van der Waals surface area contributed by atoms with Gasteiger partial charge in [-0.1, -0.05) is 36.6 Å². The van der Waals surface area contributed by atoms with E-state index in [9.17, 15) is 9.90 Å². The maximum atomic E-state index is 12.8. The van der Waals surface area contributed by atoms with Gasteiger partial charge in [0.25, 0.3) is 5.91 Å². The zero-order valence-electron chi connectivity index (χ0n) is 17.4. The fourth-order valence-electron chi connectivity index (χ4n) is 4.01. The van der Waals surface area contributed by atoms with Gasteiger partial charge in [-0.3, -0.25) is 4.79 Å². The Labute approximate surface area is 182 Å². The number of hydrogen-bond donors (Lipinski definition) is 2. The van der Waals surface area contributed by atoms with Crippen molar-refractivity contribution in [2.45, 2.75) is 51.0 Å². The van der Waals surface area contributed by atoms with Crippen LogP contribution in [0.4, 0.5) is 5.82 Å². The van der Waals surface area contributed by atoms with Crippen molar-refractivity contribution in [2.75, 3.05) is 24.5 Å². The van der Waals surface area contributed by atoms with Gasteiger partial charge in [0.1, 0.15) is 11.4 Å². The van der Waals surface area contributed by atoms with Crippen molar-refractivity contribution in [1.29, 1.82) is 0 Å². The molecule has 0 radical (unpaired) electrons. The highest BCUT2D eigenvalue weighted by atomic mass is 35.5. The van der Waals surface area contributed by atoms with Crippen molar-refractivity contribution in [3.8, 4) is 11.3 Å². The number of anilines is 1. The van der Waals surface area contributed by atoms with Crippen LogP contribution in [0.25, 0.3) is 11.3 Å². The highest BCUT2D eigenvalue weighted by molar-refractivity contribution is 6.30. The van der Waals surface area contributed by atoms with Crippen molar-refractivity contribution < 1.29 is 9.90 Å². The maximum Gasteiger partial charge on any atom is 0.271 e. The summed E-state index contributed by atoms with van der Waals surface area (Å²) in [4.78, 5) is 24.4. The van der Waals surface area contributed by atoms with Gasteiger partial charge in [0, 0.05) is 30.2 Å². The first-order valence-corrected chi connectivity index (χ1v) is 11.2. The number of nitrogens with zero attached hydrogens (tertiary/aromatic N) is 3. The molecule has 2 aliphatic rings. The Kier molecular flexibility index (Phi) is 6.25. The monoisotopic (exact) mass is 428 g/mol. The Morgan fingerprint density at radius 3 is 2.50 bits per heavy atom. The molecule has 2 heterocycles. The van der Waals surface area contributed by atoms with Crippen molar-refractivity contribution in [1.82, 2.24) is 15.3 Å². The molecule has 2 aromatic rings. The van der Waals surface area contributed by atoms with Crippen molar-refractivity contribution in [3.63, 3.8) is 0 Å². The van der Waals surface area contributed by atoms with E-state index in [2.05, 4.69) is 15.2 Å². The summed E-state index contributed by atoms with van der Waals surface area (Å²) in [5.41, 5.74) is 0.944. The van der Waals surface area contributed by atoms with E-state index in [1.54, 1.807) is 13.1 Å². The molecule has 1 atom stereocenters. The summed E-state index contributed by atoms with van der Waals surface area (Å²) in [5, 5.41) is 14.0. The number of amides is 1. The van der Waals surface area contributed by atoms with Gasteiger partial charge in [-0.05, 0) is 50.7 Å². The van der Waals surface area contributed by atoms with Gasteiger partial charge < -0.3 is 15.3 Å². The largest absolute Gasteiger partial charge is 0.388 e. The molecule has 1 aliphatic heterocycles. The lowest BCUT2D eigenvalue weighted by molar-refractivity contribution is 0.0353. The number of carbonyl (C=O) groups is 1. The topological polar surface area (TPSA) is 78.3 Å². The third-order valence-electron chi connectivity index (χ3n) is 6.07. The number of rotatable bonds is 6. The number of carbonyl (C=O) groups excluding carboxylic acids is 1. The first-order chi connectivity index (χ1) is 14.4. The van der Waals surface area contributed by atoms with Crippen LogP contribution < -0.4 is 10.2 Å². The van der Waals surface area contributed by atoms with E-state index >= 15 is 0 Å². The number of hydrogen-bond acceptors (Lipinski definition) is 5. The Morgan fingerprint density at radius 2 is 1.87 bits per heavy atom. The predicted octanol–water partition coefficient (Wildman–Crippen LogP) is 4.07. The number of nitrogens with one attached hydrogen (secondary N) is 1. The average molecular weight is 429 g/mol. The summed E-state index contributed by atoms with van der Waals surface area (Å²) in [6.45, 7) is 3.86. The van der Waals surface area contributed by atoms with Gasteiger partial charge >= 0.3 is 0 Å². The minimum atomic E-state index is -0.881. The first-order valence-electron chi connectivity index (χ1n) is 10.8. The van der Waals surface area contributed by atoms with Crippen LogP contribution in [0.3, 0.4) is 0 Å². The second-order valence-electron chi connectivity index (χ2n) is 8.65. The quantitative estimate of drug-likeness (QED) is 0.725. The average Bonchev–Trinajstić information content (AvgIpc) is 3.60. The van der Waals surface area contributed by atoms with Crippen LogP contribution in [-0.2, 0) is 0 Å². The van der Waals surface area contributed by atoms with Crippen LogP contribution in [0.1, 0.15) is 55.9 Å². The minimum absolute atomic E-state index is 0.211. The van der Waals surface area contributed by atoms with Crippen molar-refractivity contribution in [2.24, 2.45) is 5.92 Å². The standard InChI is InChI=1S/C23H29ClN4O2/c1-23(30,17-8-9-17)15-26-22(29)19-14-25-21(28-12-4-2-3-5-13-28)20(27-19)16-6-10-18(24)11-7-16/h6-7,10-11,14,17,30H,2-5,8-9,12-13,15H2,1H3,(H,26,29)/t23-/m0/s1. The molecule has 1 aromatic carbocycles. The summed E-state index contributed by atoms with van der Waals surface area (Å²) >= 11 is 6.07. The Bertz CT molecular complexity index is 889. The normalized spacial score (nSPS) is 19.1. The third kappa shape index (κ3) is 4.93. The smallest absolute Gasteiger partial charge is 0.271 e. The summed E-state index contributed by atoms with van der Waals surface area (Å²) < 4.78 is 0. The highest BCUT2D eigenvalue weighted by Gasteiger charge is 2.40. The molecule has 2 N–H and O–H groups in total. The van der Waals surface area contributed by atoms with Gasteiger partial charge in [-0.2, -0.15) is 0 Å². The molecule has 0 bridgehead atoms. The molecule has 0 unspecified atom stereocenters. The van der Waals surface area contributed by atoms with Crippen LogP contribution in [0, 0.1) is 5.92 Å². The molecule has 1 aliphatic carbocycles. The van der Waals surface area contributed by atoms with Crippen molar-refractivity contribution >= 4 is 23.3 Å². The van der Waals surface area contributed by atoms with Gasteiger partial charge in [-0.15, -0.1) is 0 Å². The Morgan fingerprint density at radius 1 is 1.20 bits per heavy atom. The lowest BCUT2D eigenvalue weighted by atomic mass is 10.0. The number of aliphatic hydroxyl groups is 1. The molecule has 4 rings (SSSR count). The third-order valence-corrected chi connectivity index (χ3v) is 6.32. The van der Waals surface area contributed by atoms with Gasteiger partial charge in [0.05, 0.1) is 11.8 Å². The molecule has 0 spiro atoms. The van der Waals surface area contributed by atoms with Crippen LogP contribution in [0.5, 0.6) is 0 Å². The molecule has 1 aromatic heterocycles. The molecular formula is C23H29ClN4O2. The molecule has 160 valence electrons. The van der Waals surface area contributed by atoms with E-state index in [4.69, 9.17) is 16.6 Å². The second kappa shape index (κ2) is 8.90. The lowest BCUT2D eigenvalue weighted by Crippen LogP contribution is -2.42. The molecular weight excluding hydrogens is 400 g/mol. The zero-order chi connectivity index (χ0) is 21.1. The number of benzene rings is 1. The molecule has 30 heavy (non-hydrogen) atoms. The van der Waals surface area contributed by atoms with Crippen LogP contribution >= 0.6 is 11.6 Å². The maximum absolute atomic E-state index is 12.8. The minimum Gasteiger partial charge on any atom is -0.388 e. The zero-order valence-corrected chi connectivity index (χ0v) is 18.2. The Balaban J connectivity index is 1.61. The molecule has 1 amide bonds. The molecule has 1 saturated carbocycles. The van der Waals surface area contributed by atoms with Crippen LogP contribution in [0.15, 0.2) is 30.5 Å². The van der Waals surface area contributed by atoms with Gasteiger partial charge in [-0.25, -0.2) is 9.97 Å². The highest BCUT2D eigenvalue weighted by Crippen LogP contribution is 2.39.